The highest BCUT2D eigenvalue weighted by Gasteiger charge is 2.23. The van der Waals surface area contributed by atoms with Crippen molar-refractivity contribution in [1.82, 2.24) is 9.62 Å². The van der Waals surface area contributed by atoms with Gasteiger partial charge in [0.2, 0.25) is 21.8 Å². The standard InChI is InChI=1S/C20H25N3O5S/c1-14-5-8-16(9-6-14)29(26,27)23(3)13-20(25)21-12-19(24)22-17-11-15(2)7-10-18(17)28-4/h5-11H,12-13H2,1-4H3,(H,21,25)(H,22,24). The molecule has 0 saturated heterocycles. The van der Waals surface area contributed by atoms with Crippen LogP contribution in [0.3, 0.4) is 0 Å². The summed E-state index contributed by atoms with van der Waals surface area (Å²) in [5.74, 6) is -0.542. The SMILES string of the molecule is COc1ccc(C)cc1NC(=O)CNC(=O)CN(C)S(=O)(=O)c1ccc(C)cc1. The third-order valence-corrected chi connectivity index (χ3v) is 5.99. The monoisotopic (exact) mass is 419 g/mol. The van der Waals surface area contributed by atoms with E-state index in [0.29, 0.717) is 11.4 Å². The molecule has 8 nitrogen and oxygen atoms in total. The molecule has 0 heterocycles. The Morgan fingerprint density at radius 1 is 1.00 bits per heavy atom. The number of ether oxygens (including phenoxy) is 1. The number of benzene rings is 2. The normalized spacial score (nSPS) is 11.2. The van der Waals surface area contributed by atoms with Gasteiger partial charge in [-0.3, -0.25) is 9.59 Å². The third-order valence-electron chi connectivity index (χ3n) is 4.17. The van der Waals surface area contributed by atoms with E-state index < -0.39 is 28.4 Å². The van der Waals surface area contributed by atoms with Gasteiger partial charge in [0.1, 0.15) is 5.75 Å². The van der Waals surface area contributed by atoms with Crippen LogP contribution in [0.5, 0.6) is 5.75 Å². The van der Waals surface area contributed by atoms with Crippen LogP contribution in [0.4, 0.5) is 5.69 Å². The van der Waals surface area contributed by atoms with Crippen LogP contribution in [-0.4, -0.2) is 51.8 Å². The van der Waals surface area contributed by atoms with Crippen LogP contribution in [0.2, 0.25) is 0 Å². The van der Waals surface area contributed by atoms with Gasteiger partial charge in [-0.2, -0.15) is 4.31 Å². The van der Waals surface area contributed by atoms with Gasteiger partial charge in [0.05, 0.1) is 30.8 Å². The first-order valence-corrected chi connectivity index (χ1v) is 10.3. The fourth-order valence-electron chi connectivity index (χ4n) is 2.53. The summed E-state index contributed by atoms with van der Waals surface area (Å²) in [4.78, 5) is 24.3. The van der Waals surface area contributed by atoms with Crippen LogP contribution in [0.25, 0.3) is 0 Å². The highest BCUT2D eigenvalue weighted by molar-refractivity contribution is 7.89. The predicted molar refractivity (Wildman–Crippen MR) is 110 cm³/mol. The summed E-state index contributed by atoms with van der Waals surface area (Å²) >= 11 is 0. The maximum atomic E-state index is 12.5. The lowest BCUT2D eigenvalue weighted by molar-refractivity contribution is -0.124. The lowest BCUT2D eigenvalue weighted by atomic mass is 10.2. The first-order valence-electron chi connectivity index (χ1n) is 8.87. The van der Waals surface area contributed by atoms with Gasteiger partial charge in [-0.15, -0.1) is 0 Å². The second kappa shape index (κ2) is 9.53. The molecule has 0 aliphatic heterocycles. The van der Waals surface area contributed by atoms with Crippen molar-refractivity contribution in [2.75, 3.05) is 32.6 Å². The number of hydrogen-bond donors (Lipinski definition) is 2. The van der Waals surface area contributed by atoms with Gasteiger partial charge >= 0.3 is 0 Å². The predicted octanol–water partition coefficient (Wildman–Crippen LogP) is 1.69. The smallest absolute Gasteiger partial charge is 0.243 e. The summed E-state index contributed by atoms with van der Waals surface area (Å²) in [6.45, 7) is 3.03. The number of sulfonamides is 1. The number of likely N-dealkylation sites (N-methyl/N-ethyl adjacent to an activating group) is 1. The Labute approximate surface area is 170 Å². The molecule has 2 amide bonds. The van der Waals surface area contributed by atoms with Crippen molar-refractivity contribution in [2.24, 2.45) is 0 Å². The van der Waals surface area contributed by atoms with Crippen LogP contribution in [0.15, 0.2) is 47.4 Å². The van der Waals surface area contributed by atoms with Crippen molar-refractivity contribution in [3.63, 3.8) is 0 Å². The number of aryl methyl sites for hydroxylation is 2. The minimum absolute atomic E-state index is 0.0997. The molecule has 0 aliphatic rings. The van der Waals surface area contributed by atoms with Crippen LogP contribution in [0, 0.1) is 13.8 Å². The summed E-state index contributed by atoms with van der Waals surface area (Å²) in [7, 11) is -0.992. The summed E-state index contributed by atoms with van der Waals surface area (Å²) in [5.41, 5.74) is 2.36. The maximum Gasteiger partial charge on any atom is 0.243 e. The third kappa shape index (κ3) is 6.03. The van der Waals surface area contributed by atoms with Crippen LogP contribution in [-0.2, 0) is 19.6 Å². The van der Waals surface area contributed by atoms with E-state index in [-0.39, 0.29) is 11.4 Å². The quantitative estimate of drug-likeness (QED) is 0.678. The van der Waals surface area contributed by atoms with Gasteiger partial charge in [0.25, 0.3) is 0 Å². The molecular weight excluding hydrogens is 394 g/mol. The van der Waals surface area contributed by atoms with Crippen LogP contribution < -0.4 is 15.4 Å². The van der Waals surface area contributed by atoms with Crippen molar-refractivity contribution < 1.29 is 22.7 Å². The van der Waals surface area contributed by atoms with Gasteiger partial charge in [-0.25, -0.2) is 8.42 Å². The van der Waals surface area contributed by atoms with Crippen molar-refractivity contribution >= 4 is 27.5 Å². The van der Waals surface area contributed by atoms with E-state index >= 15 is 0 Å². The molecule has 0 saturated carbocycles. The van der Waals surface area contributed by atoms with Crippen molar-refractivity contribution in [3.8, 4) is 5.75 Å². The summed E-state index contributed by atoms with van der Waals surface area (Å²) in [6.07, 6.45) is 0. The van der Waals surface area contributed by atoms with Crippen molar-refractivity contribution in [1.29, 1.82) is 0 Å². The Morgan fingerprint density at radius 2 is 1.62 bits per heavy atom. The van der Waals surface area contributed by atoms with E-state index in [9.17, 15) is 18.0 Å². The minimum Gasteiger partial charge on any atom is -0.495 e. The zero-order valence-electron chi connectivity index (χ0n) is 16.9. The Morgan fingerprint density at radius 3 is 2.24 bits per heavy atom. The molecule has 0 aromatic heterocycles. The van der Waals surface area contributed by atoms with E-state index in [1.54, 1.807) is 24.3 Å². The molecule has 0 radical (unpaired) electrons. The lowest BCUT2D eigenvalue weighted by Gasteiger charge is -2.17. The summed E-state index contributed by atoms with van der Waals surface area (Å²) in [5, 5.41) is 5.08. The fraction of sp³-hybridized carbons (Fsp3) is 0.300. The molecule has 2 rings (SSSR count). The lowest BCUT2D eigenvalue weighted by Crippen LogP contribution is -2.41. The number of nitrogens with zero attached hydrogens (tertiary/aromatic N) is 1. The Bertz CT molecular complexity index is 988. The second-order valence-corrected chi connectivity index (χ2v) is 8.65. The zero-order chi connectivity index (χ0) is 21.6. The number of methoxy groups -OCH3 is 1. The molecule has 2 aromatic carbocycles. The van der Waals surface area contributed by atoms with Gasteiger partial charge in [0.15, 0.2) is 0 Å². The average Bonchev–Trinajstić information content (AvgIpc) is 2.67. The minimum atomic E-state index is -3.80. The highest BCUT2D eigenvalue weighted by atomic mass is 32.2. The van der Waals surface area contributed by atoms with Gasteiger partial charge in [-0.1, -0.05) is 23.8 Å². The van der Waals surface area contributed by atoms with E-state index in [0.717, 1.165) is 15.4 Å². The first kappa shape index (κ1) is 22.4. The highest BCUT2D eigenvalue weighted by Crippen LogP contribution is 2.24. The van der Waals surface area contributed by atoms with E-state index in [4.69, 9.17) is 4.74 Å². The van der Waals surface area contributed by atoms with Gasteiger partial charge < -0.3 is 15.4 Å². The fourth-order valence-corrected chi connectivity index (χ4v) is 3.65. The number of rotatable bonds is 8. The molecule has 156 valence electrons. The van der Waals surface area contributed by atoms with Crippen LogP contribution in [0.1, 0.15) is 11.1 Å². The van der Waals surface area contributed by atoms with E-state index in [1.165, 1.54) is 26.3 Å². The van der Waals surface area contributed by atoms with Gasteiger partial charge in [-0.05, 0) is 43.7 Å². The van der Waals surface area contributed by atoms with E-state index in [1.807, 2.05) is 19.9 Å². The molecule has 0 atom stereocenters. The number of carbonyl (C=O) groups excluding carboxylic acids is 2. The zero-order valence-corrected chi connectivity index (χ0v) is 17.7. The molecule has 0 aliphatic carbocycles. The molecular formula is C20H25N3O5S. The summed E-state index contributed by atoms with van der Waals surface area (Å²) in [6, 6.07) is 11.7. The molecule has 0 bridgehead atoms. The first-order chi connectivity index (χ1) is 13.6. The van der Waals surface area contributed by atoms with Crippen LogP contribution >= 0.6 is 0 Å². The number of amides is 2. The Balaban J connectivity index is 1.91. The summed E-state index contributed by atoms with van der Waals surface area (Å²) < 4.78 is 31.2. The van der Waals surface area contributed by atoms with E-state index in [2.05, 4.69) is 10.6 Å². The molecule has 2 N–H and O–H groups in total. The van der Waals surface area contributed by atoms with Crippen molar-refractivity contribution in [2.45, 2.75) is 18.7 Å². The molecule has 0 fully saturated rings. The molecule has 0 spiro atoms. The van der Waals surface area contributed by atoms with Gasteiger partial charge in [0, 0.05) is 7.05 Å². The second-order valence-electron chi connectivity index (χ2n) is 6.60. The Hall–Kier alpha value is -2.91. The number of nitrogens with one attached hydrogen (secondary N) is 2. The average molecular weight is 420 g/mol. The largest absolute Gasteiger partial charge is 0.495 e. The number of anilines is 1. The van der Waals surface area contributed by atoms with Crippen molar-refractivity contribution in [3.05, 3.63) is 53.6 Å². The number of hydrogen-bond acceptors (Lipinski definition) is 5. The number of carbonyl (C=O) groups is 2. The topological polar surface area (TPSA) is 105 Å². The maximum absolute atomic E-state index is 12.5. The molecule has 2 aromatic rings. The molecule has 0 unspecified atom stereocenters. The molecule has 9 heteroatoms. The molecule has 29 heavy (non-hydrogen) atoms. The Kier molecular flexibility index (Phi) is 7.35.